The van der Waals surface area contributed by atoms with Crippen molar-refractivity contribution in [3.05, 3.63) is 62.6 Å². The van der Waals surface area contributed by atoms with E-state index in [1.807, 2.05) is 26.8 Å². The van der Waals surface area contributed by atoms with Crippen molar-refractivity contribution < 1.29 is 23.4 Å². The molecule has 3 rings (SSSR count). The third kappa shape index (κ3) is 4.70. The maximum Gasteiger partial charge on any atom is 0.363 e. The predicted octanol–water partition coefficient (Wildman–Crippen LogP) is 4.96. The van der Waals surface area contributed by atoms with E-state index in [1.165, 1.54) is 24.3 Å². The second-order valence-electron chi connectivity index (χ2n) is 6.27. The van der Waals surface area contributed by atoms with Crippen molar-refractivity contribution >= 4 is 40.5 Å². The van der Waals surface area contributed by atoms with Crippen molar-refractivity contribution in [3.8, 4) is 11.5 Å². The quantitative estimate of drug-likeness (QED) is 0.323. The first-order chi connectivity index (χ1) is 13.4. The topological polar surface area (TPSA) is 57.1 Å². The summed E-state index contributed by atoms with van der Waals surface area (Å²) in [5.74, 6) is 0.491. The number of cyclic esters (lactones) is 1. The highest BCUT2D eigenvalue weighted by atomic mass is 127. The average Bonchev–Trinajstić information content (AvgIpc) is 2.99. The Labute approximate surface area is 176 Å². The molecule has 146 valence electrons. The van der Waals surface area contributed by atoms with Crippen LogP contribution in [0.1, 0.15) is 31.9 Å². The molecule has 0 aromatic heterocycles. The fourth-order valence-corrected chi connectivity index (χ4v) is 3.32. The summed E-state index contributed by atoms with van der Waals surface area (Å²) in [5, 5.41) is 0. The minimum atomic E-state index is -0.560. The zero-order valence-corrected chi connectivity index (χ0v) is 17.8. The van der Waals surface area contributed by atoms with Crippen LogP contribution >= 0.6 is 22.6 Å². The van der Waals surface area contributed by atoms with Crippen LogP contribution in [0.5, 0.6) is 11.5 Å². The Morgan fingerprint density at radius 1 is 1.25 bits per heavy atom. The van der Waals surface area contributed by atoms with Crippen LogP contribution in [0.2, 0.25) is 0 Å². The molecule has 1 aliphatic heterocycles. The highest BCUT2D eigenvalue weighted by Crippen LogP contribution is 2.36. The van der Waals surface area contributed by atoms with E-state index in [1.54, 1.807) is 12.1 Å². The first-order valence-corrected chi connectivity index (χ1v) is 9.86. The third-order valence-corrected chi connectivity index (χ3v) is 4.50. The van der Waals surface area contributed by atoms with Crippen LogP contribution in [-0.4, -0.2) is 24.6 Å². The minimum absolute atomic E-state index is 0.00426. The summed E-state index contributed by atoms with van der Waals surface area (Å²) in [6.07, 6.45) is 1.63. The molecule has 0 fully saturated rings. The first kappa shape index (κ1) is 20.3. The molecule has 0 atom stereocenters. The molecule has 0 N–H and O–H groups in total. The van der Waals surface area contributed by atoms with E-state index < -0.39 is 5.97 Å². The van der Waals surface area contributed by atoms with Crippen molar-refractivity contribution in [1.29, 1.82) is 0 Å². The van der Waals surface area contributed by atoms with E-state index in [-0.39, 0.29) is 23.5 Å². The van der Waals surface area contributed by atoms with Gasteiger partial charge >= 0.3 is 5.97 Å². The van der Waals surface area contributed by atoms with Gasteiger partial charge in [-0.3, -0.25) is 0 Å². The van der Waals surface area contributed by atoms with Gasteiger partial charge in [0.15, 0.2) is 17.2 Å². The second-order valence-corrected chi connectivity index (χ2v) is 7.43. The number of carbonyl (C=O) groups excluding carboxylic acids is 1. The molecule has 0 amide bonds. The molecule has 0 saturated heterocycles. The van der Waals surface area contributed by atoms with Crippen LogP contribution in [0.3, 0.4) is 0 Å². The normalized spacial score (nSPS) is 15.0. The van der Waals surface area contributed by atoms with Crippen LogP contribution < -0.4 is 9.47 Å². The van der Waals surface area contributed by atoms with E-state index in [0.717, 1.165) is 9.13 Å². The van der Waals surface area contributed by atoms with E-state index in [4.69, 9.17) is 14.2 Å². The number of rotatable bonds is 6. The molecular weight excluding hydrogens is 476 g/mol. The molecule has 28 heavy (non-hydrogen) atoms. The van der Waals surface area contributed by atoms with Gasteiger partial charge in [0.05, 0.1) is 16.3 Å². The summed E-state index contributed by atoms with van der Waals surface area (Å²) in [4.78, 5) is 16.4. The largest absolute Gasteiger partial charge is 0.490 e. The maximum absolute atomic E-state index is 13.1. The molecule has 0 saturated carbocycles. The average molecular weight is 495 g/mol. The van der Waals surface area contributed by atoms with Crippen molar-refractivity contribution in [2.45, 2.75) is 26.9 Å². The van der Waals surface area contributed by atoms with Gasteiger partial charge in [-0.25, -0.2) is 14.2 Å². The molecule has 0 aliphatic carbocycles. The molecule has 0 radical (unpaired) electrons. The second kappa shape index (κ2) is 8.72. The monoisotopic (exact) mass is 495 g/mol. The number of benzene rings is 2. The molecule has 1 aliphatic rings. The van der Waals surface area contributed by atoms with Crippen LogP contribution in [0.15, 0.2) is 47.1 Å². The van der Waals surface area contributed by atoms with E-state index >= 15 is 0 Å². The molecule has 0 spiro atoms. The van der Waals surface area contributed by atoms with Crippen LogP contribution in [0.25, 0.3) is 6.08 Å². The van der Waals surface area contributed by atoms with Gasteiger partial charge in [-0.2, -0.15) is 0 Å². The lowest BCUT2D eigenvalue weighted by Gasteiger charge is -2.16. The van der Waals surface area contributed by atoms with Gasteiger partial charge in [-0.1, -0.05) is 0 Å². The van der Waals surface area contributed by atoms with Crippen molar-refractivity contribution in [2.75, 3.05) is 6.61 Å². The molecule has 5 nitrogen and oxygen atoms in total. The van der Waals surface area contributed by atoms with E-state index in [9.17, 15) is 9.18 Å². The molecule has 2 aromatic rings. The summed E-state index contributed by atoms with van der Waals surface area (Å²) < 4.78 is 30.7. The molecule has 1 heterocycles. The Balaban J connectivity index is 1.95. The number of halogens is 2. The lowest BCUT2D eigenvalue weighted by Crippen LogP contribution is -2.09. The van der Waals surface area contributed by atoms with Crippen LogP contribution in [-0.2, 0) is 9.53 Å². The molecular formula is C21H19FINO4. The zero-order valence-electron chi connectivity index (χ0n) is 15.7. The highest BCUT2D eigenvalue weighted by Gasteiger charge is 2.24. The number of aliphatic imine (C=N–C) groups is 1. The Bertz CT molecular complexity index is 952. The smallest absolute Gasteiger partial charge is 0.363 e. The standard InChI is InChI=1S/C21H19FINO4/c1-4-26-18-11-13(9-16(23)19(18)27-12(2)3)10-17-21(25)28-20(24-17)14-5-7-15(22)8-6-14/h5-12H,4H2,1-3H3/b17-10-. The summed E-state index contributed by atoms with van der Waals surface area (Å²) >= 11 is 2.17. The number of esters is 1. The summed E-state index contributed by atoms with van der Waals surface area (Å²) in [6, 6.07) is 9.29. The molecule has 7 heteroatoms. The van der Waals surface area contributed by atoms with Crippen molar-refractivity contribution in [1.82, 2.24) is 0 Å². The zero-order chi connectivity index (χ0) is 20.3. The van der Waals surface area contributed by atoms with Crippen LogP contribution in [0, 0.1) is 9.39 Å². The fraction of sp³-hybridized carbons (Fsp3) is 0.238. The Hall–Kier alpha value is -2.42. The molecule has 0 bridgehead atoms. The highest BCUT2D eigenvalue weighted by molar-refractivity contribution is 14.1. The van der Waals surface area contributed by atoms with Gasteiger partial charge in [0.1, 0.15) is 5.82 Å². The number of nitrogens with zero attached hydrogens (tertiary/aromatic N) is 1. The van der Waals surface area contributed by atoms with Gasteiger partial charge < -0.3 is 14.2 Å². The van der Waals surface area contributed by atoms with Crippen molar-refractivity contribution in [2.24, 2.45) is 4.99 Å². The molecule has 2 aromatic carbocycles. The number of hydrogen-bond acceptors (Lipinski definition) is 5. The third-order valence-electron chi connectivity index (χ3n) is 3.70. The van der Waals surface area contributed by atoms with Crippen molar-refractivity contribution in [3.63, 3.8) is 0 Å². The minimum Gasteiger partial charge on any atom is -0.490 e. The van der Waals surface area contributed by atoms with E-state index in [2.05, 4.69) is 27.6 Å². The fourth-order valence-electron chi connectivity index (χ4n) is 2.57. The van der Waals surface area contributed by atoms with Gasteiger partial charge in [0, 0.05) is 5.56 Å². The Morgan fingerprint density at radius 3 is 2.61 bits per heavy atom. The van der Waals surface area contributed by atoms with Gasteiger partial charge in [-0.05, 0) is 91.4 Å². The number of ether oxygens (including phenoxy) is 3. The molecule has 0 unspecified atom stereocenters. The SMILES string of the molecule is CCOc1cc(/C=C2\N=C(c3ccc(F)cc3)OC2=O)cc(I)c1OC(C)C. The predicted molar refractivity (Wildman–Crippen MR) is 113 cm³/mol. The summed E-state index contributed by atoms with van der Waals surface area (Å²) in [7, 11) is 0. The van der Waals surface area contributed by atoms with E-state index in [0.29, 0.717) is 23.7 Å². The van der Waals surface area contributed by atoms with Gasteiger partial charge in [0.2, 0.25) is 5.90 Å². The van der Waals surface area contributed by atoms with Crippen LogP contribution in [0.4, 0.5) is 4.39 Å². The first-order valence-electron chi connectivity index (χ1n) is 8.79. The summed E-state index contributed by atoms with van der Waals surface area (Å²) in [5.41, 5.74) is 1.43. The Kier molecular flexibility index (Phi) is 6.33. The lowest BCUT2D eigenvalue weighted by molar-refractivity contribution is -0.129. The number of hydrogen-bond donors (Lipinski definition) is 0. The lowest BCUT2D eigenvalue weighted by atomic mass is 10.1. The van der Waals surface area contributed by atoms with Gasteiger partial charge in [-0.15, -0.1) is 0 Å². The van der Waals surface area contributed by atoms with Gasteiger partial charge in [0.25, 0.3) is 0 Å². The Morgan fingerprint density at radius 2 is 1.96 bits per heavy atom. The maximum atomic E-state index is 13.1. The summed E-state index contributed by atoms with van der Waals surface area (Å²) in [6.45, 7) is 6.27. The number of carbonyl (C=O) groups is 1.